The second kappa shape index (κ2) is 4.73. The van der Waals surface area contributed by atoms with Crippen molar-refractivity contribution in [2.45, 2.75) is 44.5 Å². The lowest BCUT2D eigenvalue weighted by Crippen LogP contribution is -2.46. The summed E-state index contributed by atoms with van der Waals surface area (Å²) in [6.45, 7) is 6.51. The fourth-order valence-corrected chi connectivity index (χ4v) is 2.63. The average Bonchev–Trinajstić information content (AvgIpc) is 2.38. The molecule has 1 fully saturated rings. The largest absolute Gasteiger partial charge is 0.481 e. The van der Waals surface area contributed by atoms with E-state index < -0.39 is 5.97 Å². The van der Waals surface area contributed by atoms with E-state index in [1.54, 1.807) is 4.90 Å². The summed E-state index contributed by atoms with van der Waals surface area (Å²) in [5.41, 5.74) is -0.217. The number of hydrogen-bond donors (Lipinski definition) is 1. The standard InChI is InChI=1S/C11H18BrNO3/c1-11(2,3)8(5-10(15)16)13-6-7(12)4-9(13)14/h7-8H,4-6H2,1-3H3,(H,15,16). The Morgan fingerprint density at radius 1 is 1.62 bits per heavy atom. The third-order valence-electron chi connectivity index (χ3n) is 2.86. The van der Waals surface area contributed by atoms with Gasteiger partial charge in [0.25, 0.3) is 0 Å². The van der Waals surface area contributed by atoms with Gasteiger partial charge in [0.1, 0.15) is 0 Å². The lowest BCUT2D eigenvalue weighted by Gasteiger charge is -2.37. The number of rotatable bonds is 3. The van der Waals surface area contributed by atoms with Crippen LogP contribution >= 0.6 is 15.9 Å². The number of carboxylic acids is 1. The second-order valence-corrected chi connectivity index (χ2v) is 6.62. The number of amides is 1. The van der Waals surface area contributed by atoms with Crippen LogP contribution in [-0.4, -0.2) is 39.3 Å². The van der Waals surface area contributed by atoms with E-state index in [1.807, 2.05) is 20.8 Å². The monoisotopic (exact) mass is 291 g/mol. The van der Waals surface area contributed by atoms with Crippen molar-refractivity contribution >= 4 is 27.8 Å². The van der Waals surface area contributed by atoms with Gasteiger partial charge < -0.3 is 10.0 Å². The van der Waals surface area contributed by atoms with Crippen molar-refractivity contribution in [2.75, 3.05) is 6.54 Å². The molecule has 1 heterocycles. The van der Waals surface area contributed by atoms with Crippen LogP contribution < -0.4 is 0 Å². The molecular formula is C11H18BrNO3. The van der Waals surface area contributed by atoms with Crippen LogP contribution in [0.15, 0.2) is 0 Å². The van der Waals surface area contributed by atoms with Crippen molar-refractivity contribution in [1.82, 2.24) is 4.90 Å². The quantitative estimate of drug-likeness (QED) is 0.808. The Morgan fingerprint density at radius 3 is 2.50 bits per heavy atom. The van der Waals surface area contributed by atoms with Crippen molar-refractivity contribution in [1.29, 1.82) is 0 Å². The Kier molecular flexibility index (Phi) is 3.99. The van der Waals surface area contributed by atoms with E-state index in [4.69, 9.17) is 5.11 Å². The Bertz CT molecular complexity index is 298. The van der Waals surface area contributed by atoms with Crippen LogP contribution in [0.5, 0.6) is 0 Å². The summed E-state index contributed by atoms with van der Waals surface area (Å²) in [4.78, 5) is 24.5. The van der Waals surface area contributed by atoms with E-state index in [9.17, 15) is 9.59 Å². The zero-order valence-electron chi connectivity index (χ0n) is 9.86. The fraction of sp³-hybridized carbons (Fsp3) is 0.818. The van der Waals surface area contributed by atoms with Crippen LogP contribution in [0.1, 0.15) is 33.6 Å². The highest BCUT2D eigenvalue weighted by molar-refractivity contribution is 9.09. The molecule has 5 heteroatoms. The predicted octanol–water partition coefficient (Wildman–Crippen LogP) is 1.87. The summed E-state index contributed by atoms with van der Waals surface area (Å²) in [6.07, 6.45) is 0.473. The van der Waals surface area contributed by atoms with Gasteiger partial charge in [0.05, 0.1) is 6.42 Å². The molecule has 0 spiro atoms. The molecule has 0 radical (unpaired) electrons. The molecule has 0 aromatic heterocycles. The number of nitrogens with zero attached hydrogens (tertiary/aromatic N) is 1. The lowest BCUT2D eigenvalue weighted by atomic mass is 9.83. The van der Waals surface area contributed by atoms with Crippen LogP contribution in [-0.2, 0) is 9.59 Å². The fourth-order valence-electron chi connectivity index (χ4n) is 2.04. The van der Waals surface area contributed by atoms with Gasteiger partial charge in [-0.25, -0.2) is 0 Å². The number of alkyl halides is 1. The number of halogens is 1. The van der Waals surface area contributed by atoms with Gasteiger partial charge in [-0.05, 0) is 5.41 Å². The number of hydrogen-bond acceptors (Lipinski definition) is 2. The molecule has 0 aromatic carbocycles. The van der Waals surface area contributed by atoms with Crippen molar-refractivity contribution < 1.29 is 14.7 Å². The van der Waals surface area contributed by atoms with Crippen LogP contribution in [0, 0.1) is 5.41 Å². The van der Waals surface area contributed by atoms with Crippen molar-refractivity contribution in [3.63, 3.8) is 0 Å². The van der Waals surface area contributed by atoms with Crippen molar-refractivity contribution in [3.05, 3.63) is 0 Å². The molecule has 0 saturated carbocycles. The molecular weight excluding hydrogens is 274 g/mol. The van der Waals surface area contributed by atoms with Crippen molar-refractivity contribution in [2.24, 2.45) is 5.41 Å². The number of carbonyl (C=O) groups is 2. The summed E-state index contributed by atoms with van der Waals surface area (Å²) in [5, 5.41) is 8.91. The van der Waals surface area contributed by atoms with Gasteiger partial charge in [-0.2, -0.15) is 0 Å². The van der Waals surface area contributed by atoms with Crippen LogP contribution in [0.2, 0.25) is 0 Å². The van der Waals surface area contributed by atoms with E-state index in [2.05, 4.69) is 15.9 Å². The Hall–Kier alpha value is -0.580. The van der Waals surface area contributed by atoms with E-state index >= 15 is 0 Å². The van der Waals surface area contributed by atoms with Gasteiger partial charge in [0.2, 0.25) is 5.91 Å². The van der Waals surface area contributed by atoms with Gasteiger partial charge >= 0.3 is 5.97 Å². The normalized spacial score (nSPS) is 23.6. The molecule has 4 nitrogen and oxygen atoms in total. The summed E-state index contributed by atoms with van der Waals surface area (Å²) in [7, 11) is 0. The average molecular weight is 292 g/mol. The second-order valence-electron chi connectivity index (χ2n) is 5.33. The molecule has 2 unspecified atom stereocenters. The Labute approximate surface area is 104 Å². The first-order valence-corrected chi connectivity index (χ1v) is 6.28. The van der Waals surface area contributed by atoms with Crippen molar-refractivity contribution in [3.8, 4) is 0 Å². The van der Waals surface area contributed by atoms with Gasteiger partial charge in [0, 0.05) is 23.8 Å². The SMILES string of the molecule is CC(C)(C)C(CC(=O)O)N1CC(Br)CC1=O. The zero-order chi connectivity index (χ0) is 12.5. The van der Waals surface area contributed by atoms with E-state index in [1.165, 1.54) is 0 Å². The minimum atomic E-state index is -0.856. The smallest absolute Gasteiger partial charge is 0.305 e. The summed E-state index contributed by atoms with van der Waals surface area (Å²) >= 11 is 3.41. The maximum absolute atomic E-state index is 11.8. The van der Waals surface area contributed by atoms with Gasteiger partial charge in [0.15, 0.2) is 0 Å². The third kappa shape index (κ3) is 3.20. The topological polar surface area (TPSA) is 57.6 Å². The molecule has 1 N–H and O–H groups in total. The summed E-state index contributed by atoms with van der Waals surface area (Å²) < 4.78 is 0. The predicted molar refractivity (Wildman–Crippen MR) is 64.5 cm³/mol. The number of carboxylic acid groups (broad SMARTS) is 1. The maximum atomic E-state index is 11.8. The highest BCUT2D eigenvalue weighted by atomic mass is 79.9. The minimum Gasteiger partial charge on any atom is -0.481 e. The van der Waals surface area contributed by atoms with Crippen LogP contribution in [0.3, 0.4) is 0 Å². The third-order valence-corrected chi connectivity index (χ3v) is 3.47. The summed E-state index contributed by atoms with van der Waals surface area (Å²) in [6, 6.07) is -0.236. The first kappa shape index (κ1) is 13.5. The first-order chi connectivity index (χ1) is 7.21. The molecule has 16 heavy (non-hydrogen) atoms. The Morgan fingerprint density at radius 2 is 2.19 bits per heavy atom. The van der Waals surface area contributed by atoms with E-state index in [0.29, 0.717) is 13.0 Å². The minimum absolute atomic E-state index is 0.00889. The molecule has 1 amide bonds. The number of carbonyl (C=O) groups excluding carboxylic acids is 1. The molecule has 92 valence electrons. The molecule has 2 atom stereocenters. The molecule has 1 rings (SSSR count). The highest BCUT2D eigenvalue weighted by Gasteiger charge is 2.39. The summed E-state index contributed by atoms with van der Waals surface area (Å²) in [5.74, 6) is -0.811. The molecule has 0 aliphatic carbocycles. The maximum Gasteiger partial charge on any atom is 0.305 e. The molecule has 1 saturated heterocycles. The van der Waals surface area contributed by atoms with Gasteiger partial charge in [-0.1, -0.05) is 36.7 Å². The Balaban J connectivity index is 2.85. The highest BCUT2D eigenvalue weighted by Crippen LogP contribution is 2.31. The van der Waals surface area contributed by atoms with E-state index in [-0.39, 0.29) is 28.6 Å². The lowest BCUT2D eigenvalue weighted by molar-refractivity contribution is -0.141. The zero-order valence-corrected chi connectivity index (χ0v) is 11.5. The van der Waals surface area contributed by atoms with E-state index in [0.717, 1.165) is 0 Å². The number of aliphatic carboxylic acids is 1. The molecule has 1 aliphatic rings. The molecule has 0 aromatic rings. The number of likely N-dealkylation sites (tertiary alicyclic amines) is 1. The van der Waals surface area contributed by atoms with Gasteiger partial charge in [-0.15, -0.1) is 0 Å². The van der Waals surface area contributed by atoms with Crippen LogP contribution in [0.25, 0.3) is 0 Å². The van der Waals surface area contributed by atoms with Crippen LogP contribution in [0.4, 0.5) is 0 Å². The first-order valence-electron chi connectivity index (χ1n) is 5.37. The molecule has 1 aliphatic heterocycles. The van der Waals surface area contributed by atoms with Gasteiger partial charge in [-0.3, -0.25) is 9.59 Å². The molecule has 0 bridgehead atoms.